The summed E-state index contributed by atoms with van der Waals surface area (Å²) in [6.07, 6.45) is 5.06. The van der Waals surface area contributed by atoms with Gasteiger partial charge in [0.25, 0.3) is 0 Å². The van der Waals surface area contributed by atoms with E-state index in [-0.39, 0.29) is 6.10 Å². The zero-order valence-corrected chi connectivity index (χ0v) is 14.0. The second kappa shape index (κ2) is 6.26. The van der Waals surface area contributed by atoms with E-state index in [0.29, 0.717) is 0 Å². The first-order valence-corrected chi connectivity index (χ1v) is 8.86. The molecule has 0 aliphatic carbocycles. The van der Waals surface area contributed by atoms with Crippen LogP contribution in [0.1, 0.15) is 45.4 Å². The van der Waals surface area contributed by atoms with Crippen molar-refractivity contribution in [3.05, 3.63) is 36.4 Å². The summed E-state index contributed by atoms with van der Waals surface area (Å²) < 4.78 is 17.8. The number of fused-ring (bicyclic) bond motifs is 2. The van der Waals surface area contributed by atoms with Gasteiger partial charge < -0.3 is 19.3 Å². The Bertz CT molecular complexity index is 682. The number of benzene rings is 2. The van der Waals surface area contributed by atoms with Gasteiger partial charge in [-0.3, -0.25) is 0 Å². The molecule has 2 unspecified atom stereocenters. The van der Waals surface area contributed by atoms with E-state index in [2.05, 4.69) is 24.3 Å². The third-order valence-electron chi connectivity index (χ3n) is 4.95. The normalized spacial score (nSPS) is 25.1. The molecule has 2 aromatic rings. The first-order chi connectivity index (χ1) is 11.6. The third kappa shape index (κ3) is 3.21. The molecular weight excluding hydrogens is 304 g/mol. The quantitative estimate of drug-likeness (QED) is 0.904. The maximum absolute atomic E-state index is 9.58. The van der Waals surface area contributed by atoms with Crippen LogP contribution in [0.4, 0.5) is 0 Å². The predicted molar refractivity (Wildman–Crippen MR) is 92.2 cm³/mol. The standard InChI is InChI=1S/C20H24O4/c1-20(11-5-9-16-8-4-10-19(21)22-16)23-17-12-14-6-2-3-7-15(14)13-18(17)24-20/h2-3,6-7,12-13,16,19,21H,4-5,8-11H2,1H3. The summed E-state index contributed by atoms with van der Waals surface area (Å²) in [5.74, 6) is 1.02. The minimum absolute atomic E-state index is 0.156. The highest BCUT2D eigenvalue weighted by Crippen LogP contribution is 2.43. The highest BCUT2D eigenvalue weighted by Gasteiger charge is 2.36. The lowest BCUT2D eigenvalue weighted by atomic mass is 10.0. The Morgan fingerprint density at radius 2 is 1.75 bits per heavy atom. The summed E-state index contributed by atoms with van der Waals surface area (Å²) in [4.78, 5) is 0. The maximum atomic E-state index is 9.58. The molecule has 0 bridgehead atoms. The first kappa shape index (κ1) is 15.7. The monoisotopic (exact) mass is 328 g/mol. The molecule has 24 heavy (non-hydrogen) atoms. The SMILES string of the molecule is CC1(CCCC2CCCC(O)O2)Oc2cc3ccccc3cc2O1. The first-order valence-electron chi connectivity index (χ1n) is 8.86. The van der Waals surface area contributed by atoms with E-state index in [1.54, 1.807) is 0 Å². The van der Waals surface area contributed by atoms with Crippen LogP contribution in [0.3, 0.4) is 0 Å². The molecule has 0 amide bonds. The molecule has 0 aromatic heterocycles. The number of hydrogen-bond donors (Lipinski definition) is 1. The van der Waals surface area contributed by atoms with Crippen LogP contribution in [-0.2, 0) is 4.74 Å². The van der Waals surface area contributed by atoms with Crippen molar-refractivity contribution in [2.45, 2.75) is 63.6 Å². The summed E-state index contributed by atoms with van der Waals surface area (Å²) in [7, 11) is 0. The molecular formula is C20H24O4. The Hall–Kier alpha value is -1.78. The van der Waals surface area contributed by atoms with E-state index < -0.39 is 12.1 Å². The summed E-state index contributed by atoms with van der Waals surface area (Å²) in [6, 6.07) is 12.3. The molecule has 1 saturated heterocycles. The van der Waals surface area contributed by atoms with Crippen molar-refractivity contribution in [2.75, 3.05) is 0 Å². The second-order valence-electron chi connectivity index (χ2n) is 7.02. The Morgan fingerprint density at radius 3 is 2.38 bits per heavy atom. The third-order valence-corrected chi connectivity index (χ3v) is 4.95. The molecule has 0 saturated carbocycles. The van der Waals surface area contributed by atoms with Crippen molar-refractivity contribution in [3.8, 4) is 11.5 Å². The van der Waals surface area contributed by atoms with Crippen molar-refractivity contribution >= 4 is 10.8 Å². The van der Waals surface area contributed by atoms with E-state index in [1.807, 2.05) is 19.1 Å². The molecule has 0 spiro atoms. The largest absolute Gasteiger partial charge is 0.449 e. The lowest BCUT2D eigenvalue weighted by molar-refractivity contribution is -0.165. The minimum Gasteiger partial charge on any atom is -0.449 e. The highest BCUT2D eigenvalue weighted by molar-refractivity contribution is 5.86. The maximum Gasteiger partial charge on any atom is 0.248 e. The summed E-state index contributed by atoms with van der Waals surface area (Å²) in [5, 5.41) is 11.9. The molecule has 4 heteroatoms. The van der Waals surface area contributed by atoms with Crippen LogP contribution in [0.2, 0.25) is 0 Å². The molecule has 2 aliphatic heterocycles. The molecule has 2 aromatic carbocycles. The number of aliphatic hydroxyl groups is 1. The zero-order chi connectivity index (χ0) is 16.6. The van der Waals surface area contributed by atoms with E-state index in [0.717, 1.165) is 60.8 Å². The Morgan fingerprint density at radius 1 is 1.08 bits per heavy atom. The van der Waals surface area contributed by atoms with Crippen LogP contribution in [0.15, 0.2) is 36.4 Å². The number of hydrogen-bond acceptors (Lipinski definition) is 4. The van der Waals surface area contributed by atoms with Gasteiger partial charge in [0.05, 0.1) is 6.10 Å². The van der Waals surface area contributed by atoms with Gasteiger partial charge in [-0.15, -0.1) is 0 Å². The smallest absolute Gasteiger partial charge is 0.248 e. The average molecular weight is 328 g/mol. The minimum atomic E-state index is -0.618. The fourth-order valence-electron chi connectivity index (χ4n) is 3.69. The Labute approximate surface area is 142 Å². The van der Waals surface area contributed by atoms with Crippen molar-refractivity contribution in [1.29, 1.82) is 0 Å². The molecule has 0 radical (unpaired) electrons. The van der Waals surface area contributed by atoms with Gasteiger partial charge >= 0.3 is 0 Å². The van der Waals surface area contributed by atoms with Crippen molar-refractivity contribution in [2.24, 2.45) is 0 Å². The zero-order valence-electron chi connectivity index (χ0n) is 14.0. The van der Waals surface area contributed by atoms with Crippen LogP contribution in [-0.4, -0.2) is 23.3 Å². The Kier molecular flexibility index (Phi) is 4.10. The number of ether oxygens (including phenoxy) is 3. The lowest BCUT2D eigenvalue weighted by Crippen LogP contribution is -2.35. The van der Waals surface area contributed by atoms with Crippen LogP contribution >= 0.6 is 0 Å². The molecule has 2 atom stereocenters. The van der Waals surface area contributed by atoms with Crippen molar-refractivity contribution in [3.63, 3.8) is 0 Å². The van der Waals surface area contributed by atoms with Gasteiger partial charge in [-0.25, -0.2) is 0 Å². The molecule has 4 rings (SSSR count). The van der Waals surface area contributed by atoms with Crippen LogP contribution in [0.5, 0.6) is 11.5 Å². The predicted octanol–water partition coefficient (Wildman–Crippen LogP) is 4.39. The molecule has 2 aliphatic rings. The Balaban J connectivity index is 1.38. The van der Waals surface area contributed by atoms with Gasteiger partial charge in [-0.2, -0.15) is 0 Å². The van der Waals surface area contributed by atoms with Crippen LogP contribution in [0.25, 0.3) is 10.8 Å². The van der Waals surface area contributed by atoms with Crippen molar-refractivity contribution in [1.82, 2.24) is 0 Å². The average Bonchev–Trinajstić information content (AvgIpc) is 2.87. The van der Waals surface area contributed by atoms with Crippen LogP contribution in [0, 0.1) is 0 Å². The van der Waals surface area contributed by atoms with Gasteiger partial charge in [0, 0.05) is 13.3 Å². The van der Waals surface area contributed by atoms with Gasteiger partial charge in [0.15, 0.2) is 17.8 Å². The highest BCUT2D eigenvalue weighted by atomic mass is 16.7. The van der Waals surface area contributed by atoms with E-state index in [4.69, 9.17) is 14.2 Å². The van der Waals surface area contributed by atoms with E-state index in [1.165, 1.54) is 0 Å². The van der Waals surface area contributed by atoms with Gasteiger partial charge in [0.2, 0.25) is 5.79 Å². The van der Waals surface area contributed by atoms with E-state index >= 15 is 0 Å². The lowest BCUT2D eigenvalue weighted by Gasteiger charge is -2.28. The van der Waals surface area contributed by atoms with E-state index in [9.17, 15) is 5.11 Å². The van der Waals surface area contributed by atoms with Gasteiger partial charge in [0.1, 0.15) is 0 Å². The summed E-state index contributed by atoms with van der Waals surface area (Å²) in [6.45, 7) is 1.99. The topological polar surface area (TPSA) is 47.9 Å². The second-order valence-corrected chi connectivity index (χ2v) is 7.02. The summed E-state index contributed by atoms with van der Waals surface area (Å²) in [5.41, 5.74) is 0. The fraction of sp³-hybridized carbons (Fsp3) is 0.500. The van der Waals surface area contributed by atoms with Crippen LogP contribution < -0.4 is 9.47 Å². The summed E-state index contributed by atoms with van der Waals surface area (Å²) >= 11 is 0. The van der Waals surface area contributed by atoms with Gasteiger partial charge in [-0.1, -0.05) is 24.3 Å². The number of rotatable bonds is 4. The molecule has 1 N–H and O–H groups in total. The number of aliphatic hydroxyl groups excluding tert-OH is 1. The van der Waals surface area contributed by atoms with Crippen molar-refractivity contribution < 1.29 is 19.3 Å². The molecule has 4 nitrogen and oxygen atoms in total. The molecule has 2 heterocycles. The fourth-order valence-corrected chi connectivity index (χ4v) is 3.69. The molecule has 1 fully saturated rings. The molecule has 128 valence electrons. The van der Waals surface area contributed by atoms with Gasteiger partial charge in [-0.05, 0) is 55.0 Å².